The quantitative estimate of drug-likeness (QED) is 0.668. The number of halogens is 1. The number of methoxy groups -OCH3 is 1. The van der Waals surface area contributed by atoms with E-state index < -0.39 is 10.0 Å². The Morgan fingerprint density at radius 3 is 2.50 bits per heavy atom. The van der Waals surface area contributed by atoms with Gasteiger partial charge in [-0.1, -0.05) is 48.9 Å². The van der Waals surface area contributed by atoms with E-state index in [0.29, 0.717) is 0 Å². The molecule has 0 radical (unpaired) electrons. The van der Waals surface area contributed by atoms with Crippen molar-refractivity contribution in [3.8, 4) is 5.75 Å². The van der Waals surface area contributed by atoms with Crippen LogP contribution < -0.4 is 10.1 Å². The first-order valence-corrected chi connectivity index (χ1v) is 10.8. The Balaban J connectivity index is 2.41. The van der Waals surface area contributed by atoms with E-state index in [0.717, 1.165) is 16.3 Å². The van der Waals surface area contributed by atoms with Crippen molar-refractivity contribution in [2.24, 2.45) is 0 Å². The number of hydrogen-bond acceptors (Lipinski definition) is 4. The highest BCUT2D eigenvalue weighted by Crippen LogP contribution is 2.30. The maximum atomic E-state index is 13.4. The van der Waals surface area contributed by atoms with Gasteiger partial charge in [-0.25, -0.2) is 8.42 Å². The minimum absolute atomic E-state index is 0.0468. The number of amides is 1. The van der Waals surface area contributed by atoms with Gasteiger partial charge >= 0.3 is 0 Å². The third-order valence-electron chi connectivity index (χ3n) is 4.28. The lowest BCUT2D eigenvalue weighted by Gasteiger charge is -2.24. The van der Waals surface area contributed by atoms with Crippen LogP contribution in [0.15, 0.2) is 53.4 Å². The molecule has 0 aliphatic carbocycles. The molecule has 1 N–H and O–H groups in total. The number of nitrogens with zero attached hydrogens (tertiary/aromatic N) is 1. The minimum Gasteiger partial charge on any atom is -0.495 e. The van der Waals surface area contributed by atoms with Gasteiger partial charge in [-0.05, 0) is 37.1 Å². The fourth-order valence-electron chi connectivity index (χ4n) is 2.59. The summed E-state index contributed by atoms with van der Waals surface area (Å²) >= 11 is 6.02. The molecule has 0 unspecified atom stereocenters. The molecule has 0 saturated heterocycles. The van der Waals surface area contributed by atoms with Gasteiger partial charge in [0.25, 0.3) is 0 Å². The third kappa shape index (κ3) is 5.70. The van der Waals surface area contributed by atoms with Gasteiger partial charge in [-0.2, -0.15) is 4.31 Å². The standard InChI is InChI=1S/C20H25ClN2O4S/c1-4-15(2)22-20(24)14-23(13-16-8-6-5-7-9-16)28(25,26)19-12-17(21)10-11-18(19)27-3/h5-12,15H,4,13-14H2,1-3H3,(H,22,24)/t15-/m0/s1. The number of rotatable bonds is 9. The van der Waals surface area contributed by atoms with Crippen molar-refractivity contribution in [1.82, 2.24) is 9.62 Å². The lowest BCUT2D eigenvalue weighted by molar-refractivity contribution is -0.122. The number of hydrogen-bond donors (Lipinski definition) is 1. The van der Waals surface area contributed by atoms with Gasteiger partial charge in [0, 0.05) is 17.6 Å². The van der Waals surface area contributed by atoms with E-state index in [9.17, 15) is 13.2 Å². The Morgan fingerprint density at radius 2 is 1.89 bits per heavy atom. The average Bonchev–Trinajstić information content (AvgIpc) is 2.68. The first-order valence-electron chi connectivity index (χ1n) is 8.95. The van der Waals surface area contributed by atoms with Crippen LogP contribution >= 0.6 is 11.6 Å². The van der Waals surface area contributed by atoms with Crippen molar-refractivity contribution in [2.45, 2.75) is 37.8 Å². The van der Waals surface area contributed by atoms with E-state index in [1.807, 2.05) is 44.2 Å². The lowest BCUT2D eigenvalue weighted by Crippen LogP contribution is -2.43. The van der Waals surface area contributed by atoms with Crippen LogP contribution in [0.2, 0.25) is 5.02 Å². The zero-order valence-electron chi connectivity index (χ0n) is 16.2. The highest BCUT2D eigenvalue weighted by Gasteiger charge is 2.30. The van der Waals surface area contributed by atoms with Crippen LogP contribution in [0.25, 0.3) is 0 Å². The predicted octanol–water partition coefficient (Wildman–Crippen LogP) is 3.45. The Morgan fingerprint density at radius 1 is 1.21 bits per heavy atom. The van der Waals surface area contributed by atoms with E-state index in [4.69, 9.17) is 16.3 Å². The molecule has 152 valence electrons. The van der Waals surface area contributed by atoms with Gasteiger partial charge in [0.2, 0.25) is 15.9 Å². The summed E-state index contributed by atoms with van der Waals surface area (Å²) in [7, 11) is -2.65. The molecular formula is C20H25ClN2O4S. The van der Waals surface area contributed by atoms with E-state index in [1.54, 1.807) is 6.07 Å². The molecule has 2 rings (SSSR count). The van der Waals surface area contributed by atoms with Gasteiger partial charge in [0.1, 0.15) is 10.6 Å². The van der Waals surface area contributed by atoms with Gasteiger partial charge in [0.15, 0.2) is 0 Å². The van der Waals surface area contributed by atoms with Crippen LogP contribution in [-0.2, 0) is 21.4 Å². The van der Waals surface area contributed by atoms with E-state index >= 15 is 0 Å². The second kappa shape index (κ2) is 9.91. The van der Waals surface area contributed by atoms with Crippen molar-refractivity contribution < 1.29 is 17.9 Å². The maximum absolute atomic E-state index is 13.4. The summed E-state index contributed by atoms with van der Waals surface area (Å²) in [6, 6.07) is 13.4. The molecule has 2 aromatic carbocycles. The molecule has 2 aromatic rings. The van der Waals surface area contributed by atoms with E-state index in [1.165, 1.54) is 19.2 Å². The summed E-state index contributed by atoms with van der Waals surface area (Å²) in [5, 5.41) is 3.07. The molecule has 0 aliphatic rings. The third-order valence-corrected chi connectivity index (χ3v) is 6.33. The van der Waals surface area contributed by atoms with Gasteiger partial charge < -0.3 is 10.1 Å². The summed E-state index contributed by atoms with van der Waals surface area (Å²) in [4.78, 5) is 12.4. The zero-order valence-corrected chi connectivity index (χ0v) is 17.8. The molecule has 8 heteroatoms. The molecule has 0 aliphatic heterocycles. The van der Waals surface area contributed by atoms with Gasteiger partial charge in [-0.15, -0.1) is 0 Å². The Hall–Kier alpha value is -2.09. The fourth-order valence-corrected chi connectivity index (χ4v) is 4.39. The summed E-state index contributed by atoms with van der Waals surface area (Å²) < 4.78 is 33.1. The van der Waals surface area contributed by atoms with Gasteiger partial charge in [-0.3, -0.25) is 4.79 Å². The Bertz CT molecular complexity index is 904. The minimum atomic E-state index is -4.04. The summed E-state index contributed by atoms with van der Waals surface area (Å²) in [6.07, 6.45) is 0.749. The molecule has 0 bridgehead atoms. The highest BCUT2D eigenvalue weighted by molar-refractivity contribution is 7.89. The van der Waals surface area contributed by atoms with Gasteiger partial charge in [0.05, 0.1) is 13.7 Å². The normalized spacial score (nSPS) is 12.6. The molecule has 0 heterocycles. The van der Waals surface area contributed by atoms with Crippen molar-refractivity contribution in [3.63, 3.8) is 0 Å². The molecular weight excluding hydrogens is 400 g/mol. The predicted molar refractivity (Wildman–Crippen MR) is 110 cm³/mol. The second-order valence-corrected chi connectivity index (χ2v) is 8.77. The largest absolute Gasteiger partial charge is 0.495 e. The van der Waals surface area contributed by atoms with Crippen LogP contribution in [0.5, 0.6) is 5.75 Å². The smallest absolute Gasteiger partial charge is 0.247 e. The van der Waals surface area contributed by atoms with Crippen molar-refractivity contribution in [1.29, 1.82) is 0 Å². The molecule has 0 saturated carbocycles. The SMILES string of the molecule is CC[C@H](C)NC(=O)CN(Cc1ccccc1)S(=O)(=O)c1cc(Cl)ccc1OC. The number of carbonyl (C=O) groups is 1. The highest BCUT2D eigenvalue weighted by atomic mass is 35.5. The molecule has 6 nitrogen and oxygen atoms in total. The monoisotopic (exact) mass is 424 g/mol. The van der Waals surface area contributed by atoms with Crippen molar-refractivity contribution in [3.05, 3.63) is 59.1 Å². The first kappa shape index (κ1) is 22.2. The van der Waals surface area contributed by atoms with Crippen LogP contribution in [0.4, 0.5) is 0 Å². The van der Waals surface area contributed by atoms with Crippen molar-refractivity contribution in [2.75, 3.05) is 13.7 Å². The number of benzene rings is 2. The number of ether oxygens (including phenoxy) is 1. The number of sulfonamides is 1. The summed E-state index contributed by atoms with van der Waals surface area (Å²) in [5.74, 6) is -0.195. The summed E-state index contributed by atoms with van der Waals surface area (Å²) in [6.45, 7) is 3.55. The van der Waals surface area contributed by atoms with E-state index in [2.05, 4.69) is 5.32 Å². The molecule has 1 atom stereocenters. The topological polar surface area (TPSA) is 75.7 Å². The second-order valence-electron chi connectivity index (χ2n) is 6.43. The van der Waals surface area contributed by atoms with Crippen LogP contribution in [-0.4, -0.2) is 38.3 Å². The van der Waals surface area contributed by atoms with Crippen molar-refractivity contribution >= 4 is 27.5 Å². The maximum Gasteiger partial charge on any atom is 0.247 e. The molecule has 28 heavy (non-hydrogen) atoms. The lowest BCUT2D eigenvalue weighted by atomic mass is 10.2. The zero-order chi connectivity index (χ0) is 20.7. The Labute approximate surface area is 171 Å². The van der Waals surface area contributed by atoms with Crippen LogP contribution in [0.3, 0.4) is 0 Å². The molecule has 1 amide bonds. The summed E-state index contributed by atoms with van der Waals surface area (Å²) in [5.41, 5.74) is 0.767. The fraction of sp³-hybridized carbons (Fsp3) is 0.350. The first-order chi connectivity index (χ1) is 13.3. The van der Waals surface area contributed by atoms with Crippen LogP contribution in [0, 0.1) is 0 Å². The molecule has 0 spiro atoms. The van der Waals surface area contributed by atoms with Crippen LogP contribution in [0.1, 0.15) is 25.8 Å². The number of carbonyl (C=O) groups excluding carboxylic acids is 1. The van der Waals surface area contributed by atoms with E-state index in [-0.39, 0.29) is 40.7 Å². The Kier molecular flexibility index (Phi) is 7.86. The number of nitrogens with one attached hydrogen (secondary N) is 1. The average molecular weight is 425 g/mol. The molecule has 0 fully saturated rings. The molecule has 0 aromatic heterocycles.